The number of aliphatic hydroxyl groups excluding tert-OH is 1. The number of hydrogen-bond donors (Lipinski definition) is 1. The summed E-state index contributed by atoms with van der Waals surface area (Å²) in [6.45, 7) is -0.415. The predicted octanol–water partition coefficient (Wildman–Crippen LogP) is 2.12. The number of aliphatic hydroxyl groups is 1. The van der Waals surface area contributed by atoms with E-state index in [1.54, 1.807) is 6.07 Å². The average Bonchev–Trinajstić information content (AvgIpc) is 2.26. The molecule has 0 radical (unpaired) electrons. The molecule has 0 unspecified atom stereocenters. The molecule has 0 aromatic carbocycles. The van der Waals surface area contributed by atoms with Crippen LogP contribution in [0.25, 0.3) is 0 Å². The van der Waals surface area contributed by atoms with Crippen molar-refractivity contribution < 1.29 is 13.9 Å². The molecule has 0 spiro atoms. The third-order valence-corrected chi connectivity index (χ3v) is 2.12. The molecule has 1 aromatic rings. The standard InChI is InChI=1S/C9H7ClF2N2O/c10-2-5-1-6(4-15)14-7(3-13)8(5)9(11)12/h1,9,15H,2,4H2. The summed E-state index contributed by atoms with van der Waals surface area (Å²) in [7, 11) is 0. The van der Waals surface area contributed by atoms with Crippen LogP contribution < -0.4 is 0 Å². The fraction of sp³-hybridized carbons (Fsp3) is 0.333. The second-order valence-corrected chi connectivity index (χ2v) is 3.01. The molecule has 0 saturated carbocycles. The van der Waals surface area contributed by atoms with E-state index in [4.69, 9.17) is 22.0 Å². The second kappa shape index (κ2) is 5.01. The van der Waals surface area contributed by atoms with Crippen molar-refractivity contribution in [3.8, 4) is 6.07 Å². The van der Waals surface area contributed by atoms with Gasteiger partial charge < -0.3 is 5.11 Å². The van der Waals surface area contributed by atoms with Crippen LogP contribution in [0.2, 0.25) is 0 Å². The van der Waals surface area contributed by atoms with E-state index in [1.807, 2.05) is 0 Å². The van der Waals surface area contributed by atoms with Crippen molar-refractivity contribution in [1.82, 2.24) is 4.98 Å². The summed E-state index contributed by atoms with van der Waals surface area (Å²) in [5.74, 6) is -0.149. The average molecular weight is 233 g/mol. The summed E-state index contributed by atoms with van der Waals surface area (Å²) in [6.07, 6.45) is -2.80. The van der Waals surface area contributed by atoms with Gasteiger partial charge in [0.2, 0.25) is 0 Å². The molecule has 0 atom stereocenters. The lowest BCUT2D eigenvalue weighted by atomic mass is 10.1. The van der Waals surface area contributed by atoms with Crippen molar-refractivity contribution in [3.05, 3.63) is 28.6 Å². The Morgan fingerprint density at radius 1 is 1.60 bits per heavy atom. The zero-order valence-electron chi connectivity index (χ0n) is 7.54. The Morgan fingerprint density at radius 2 is 2.27 bits per heavy atom. The quantitative estimate of drug-likeness (QED) is 0.812. The van der Waals surface area contributed by atoms with Gasteiger partial charge in [-0.15, -0.1) is 11.6 Å². The predicted molar refractivity (Wildman–Crippen MR) is 49.4 cm³/mol. The zero-order valence-corrected chi connectivity index (χ0v) is 8.30. The highest BCUT2D eigenvalue weighted by atomic mass is 35.5. The lowest BCUT2D eigenvalue weighted by Crippen LogP contribution is -2.03. The summed E-state index contributed by atoms with van der Waals surface area (Å²) >= 11 is 5.48. The van der Waals surface area contributed by atoms with Crippen LogP contribution in [-0.2, 0) is 12.5 Å². The molecule has 3 nitrogen and oxygen atoms in total. The third kappa shape index (κ3) is 2.41. The van der Waals surface area contributed by atoms with Crippen LogP contribution in [0.4, 0.5) is 8.78 Å². The van der Waals surface area contributed by atoms with Crippen molar-refractivity contribution in [2.24, 2.45) is 0 Å². The first kappa shape index (κ1) is 11.8. The second-order valence-electron chi connectivity index (χ2n) is 2.74. The molecule has 0 saturated heterocycles. The number of aromatic nitrogens is 1. The highest BCUT2D eigenvalue weighted by Gasteiger charge is 2.19. The number of nitriles is 1. The van der Waals surface area contributed by atoms with Gasteiger partial charge in [0.1, 0.15) is 11.8 Å². The molecule has 1 N–H and O–H groups in total. The first-order valence-corrected chi connectivity index (χ1v) is 4.55. The molecule has 1 rings (SSSR count). The normalized spacial score (nSPS) is 10.4. The molecule has 0 bridgehead atoms. The van der Waals surface area contributed by atoms with E-state index in [0.717, 1.165) is 0 Å². The SMILES string of the molecule is N#Cc1nc(CO)cc(CCl)c1C(F)F. The number of hydrogen-bond acceptors (Lipinski definition) is 3. The molecule has 1 heterocycles. The van der Waals surface area contributed by atoms with Gasteiger partial charge in [0.05, 0.1) is 17.9 Å². The zero-order chi connectivity index (χ0) is 11.4. The molecule has 0 amide bonds. The summed E-state index contributed by atoms with van der Waals surface area (Å²) in [6, 6.07) is 2.84. The van der Waals surface area contributed by atoms with Gasteiger partial charge in [-0.05, 0) is 11.6 Å². The Hall–Kier alpha value is -1.25. The minimum atomic E-state index is -2.80. The van der Waals surface area contributed by atoms with E-state index in [1.165, 1.54) is 6.07 Å². The lowest BCUT2D eigenvalue weighted by Gasteiger charge is -2.09. The largest absolute Gasteiger partial charge is 0.390 e. The van der Waals surface area contributed by atoms with Crippen LogP contribution in [-0.4, -0.2) is 10.1 Å². The van der Waals surface area contributed by atoms with Gasteiger partial charge in [-0.25, -0.2) is 13.8 Å². The highest BCUT2D eigenvalue weighted by molar-refractivity contribution is 6.17. The molecule has 15 heavy (non-hydrogen) atoms. The topological polar surface area (TPSA) is 56.9 Å². The Bertz CT molecular complexity index is 404. The molecule has 0 aliphatic carbocycles. The van der Waals surface area contributed by atoms with E-state index in [9.17, 15) is 8.78 Å². The molecular weight excluding hydrogens is 226 g/mol. The van der Waals surface area contributed by atoms with Crippen LogP contribution in [0, 0.1) is 11.3 Å². The summed E-state index contributed by atoms with van der Waals surface area (Å²) in [5.41, 5.74) is -0.550. The smallest absolute Gasteiger partial charge is 0.266 e. The molecular formula is C9H7ClF2N2O. The van der Waals surface area contributed by atoms with Gasteiger partial charge in [-0.3, -0.25) is 0 Å². The fourth-order valence-electron chi connectivity index (χ4n) is 1.19. The maximum Gasteiger partial charge on any atom is 0.266 e. The van der Waals surface area contributed by atoms with Crippen molar-refractivity contribution >= 4 is 11.6 Å². The summed E-state index contributed by atoms with van der Waals surface area (Å²) in [4.78, 5) is 3.59. The monoisotopic (exact) mass is 232 g/mol. The van der Waals surface area contributed by atoms with Gasteiger partial charge in [0, 0.05) is 5.88 Å². The minimum absolute atomic E-state index is 0.127. The van der Waals surface area contributed by atoms with Crippen molar-refractivity contribution in [3.63, 3.8) is 0 Å². The van der Waals surface area contributed by atoms with Crippen LogP contribution in [0.15, 0.2) is 6.07 Å². The van der Waals surface area contributed by atoms with Gasteiger partial charge in [0.25, 0.3) is 6.43 Å². The van der Waals surface area contributed by atoms with Gasteiger partial charge in [-0.1, -0.05) is 0 Å². The van der Waals surface area contributed by atoms with Crippen LogP contribution in [0.1, 0.15) is 28.9 Å². The van der Waals surface area contributed by atoms with E-state index in [2.05, 4.69) is 4.98 Å². The van der Waals surface area contributed by atoms with Gasteiger partial charge >= 0.3 is 0 Å². The Balaban J connectivity index is 3.41. The molecule has 80 valence electrons. The Labute approximate surface area is 89.9 Å². The minimum Gasteiger partial charge on any atom is -0.390 e. The highest BCUT2D eigenvalue weighted by Crippen LogP contribution is 2.27. The van der Waals surface area contributed by atoms with E-state index >= 15 is 0 Å². The number of rotatable bonds is 3. The molecule has 0 aliphatic rings. The summed E-state index contributed by atoms with van der Waals surface area (Å²) < 4.78 is 25.2. The maximum atomic E-state index is 12.6. The van der Waals surface area contributed by atoms with Crippen molar-refractivity contribution in [2.75, 3.05) is 0 Å². The lowest BCUT2D eigenvalue weighted by molar-refractivity contribution is 0.149. The van der Waals surface area contributed by atoms with Crippen molar-refractivity contribution in [2.45, 2.75) is 18.9 Å². The Morgan fingerprint density at radius 3 is 2.67 bits per heavy atom. The Kier molecular flexibility index (Phi) is 3.95. The first-order chi connectivity index (χ1) is 7.13. The number of nitrogens with zero attached hydrogens (tertiary/aromatic N) is 2. The third-order valence-electron chi connectivity index (χ3n) is 1.83. The molecule has 0 fully saturated rings. The van der Waals surface area contributed by atoms with E-state index < -0.39 is 18.6 Å². The van der Waals surface area contributed by atoms with Crippen LogP contribution in [0.5, 0.6) is 0 Å². The number of pyridine rings is 1. The van der Waals surface area contributed by atoms with Gasteiger partial charge in [-0.2, -0.15) is 5.26 Å². The van der Waals surface area contributed by atoms with Gasteiger partial charge in [0.15, 0.2) is 0 Å². The molecule has 6 heteroatoms. The summed E-state index contributed by atoms with van der Waals surface area (Å²) in [5, 5.41) is 17.4. The number of halogens is 3. The van der Waals surface area contributed by atoms with Crippen LogP contribution in [0.3, 0.4) is 0 Å². The fourth-order valence-corrected chi connectivity index (χ4v) is 1.41. The maximum absolute atomic E-state index is 12.6. The van der Waals surface area contributed by atoms with E-state index in [-0.39, 0.29) is 22.8 Å². The molecule has 0 aliphatic heterocycles. The van der Waals surface area contributed by atoms with Crippen LogP contribution >= 0.6 is 11.6 Å². The molecule has 1 aromatic heterocycles. The van der Waals surface area contributed by atoms with Crippen molar-refractivity contribution in [1.29, 1.82) is 5.26 Å². The first-order valence-electron chi connectivity index (χ1n) is 4.01. The number of alkyl halides is 3. The van der Waals surface area contributed by atoms with E-state index in [0.29, 0.717) is 0 Å².